The SMILES string of the molecule is CC(C)(C)C(=O)C=C([O-])C(C)(C)C.CC(C)(C)C(=O)C=C([O-])C(C)(C)C.[Zn+2]. The first-order valence-corrected chi connectivity index (χ1v) is 8.97. The van der Waals surface area contributed by atoms with Crippen LogP contribution in [0, 0.1) is 21.7 Å². The molecule has 27 heavy (non-hydrogen) atoms. The number of hydrogen-bond donors (Lipinski definition) is 0. The molecule has 0 aliphatic carbocycles. The van der Waals surface area contributed by atoms with Crippen LogP contribution in [0.15, 0.2) is 23.7 Å². The summed E-state index contributed by atoms with van der Waals surface area (Å²) in [5.74, 6) is -0.417. The van der Waals surface area contributed by atoms with Crippen molar-refractivity contribution >= 4 is 11.6 Å². The van der Waals surface area contributed by atoms with E-state index < -0.39 is 21.7 Å². The standard InChI is InChI=1S/2C11H20O2.Zn/c2*1-10(2,3)8(12)7-9(13)11(4,5)6;/h2*7,12H,1-6H3;/q;;+2/p-2. The van der Waals surface area contributed by atoms with Crippen molar-refractivity contribution in [1.82, 2.24) is 0 Å². The maximum Gasteiger partial charge on any atom is 2.00 e. The van der Waals surface area contributed by atoms with E-state index in [2.05, 4.69) is 0 Å². The Morgan fingerprint density at radius 1 is 0.519 bits per heavy atom. The predicted octanol–water partition coefficient (Wildman–Crippen LogP) is 3.78. The fourth-order valence-electron chi connectivity index (χ4n) is 1.10. The van der Waals surface area contributed by atoms with E-state index in [0.717, 1.165) is 0 Å². The van der Waals surface area contributed by atoms with Crippen LogP contribution in [0.3, 0.4) is 0 Å². The number of carbonyl (C=O) groups excluding carboxylic acids is 2. The van der Waals surface area contributed by atoms with Gasteiger partial charge >= 0.3 is 19.5 Å². The summed E-state index contributed by atoms with van der Waals surface area (Å²) in [6.45, 7) is 21.7. The van der Waals surface area contributed by atoms with E-state index >= 15 is 0 Å². The molecule has 5 heteroatoms. The molecule has 0 spiro atoms. The molecule has 0 fully saturated rings. The molecule has 0 N–H and O–H groups in total. The number of ketones is 2. The van der Waals surface area contributed by atoms with Crippen molar-refractivity contribution in [3.63, 3.8) is 0 Å². The van der Waals surface area contributed by atoms with Gasteiger partial charge in [0.05, 0.1) is 0 Å². The maximum absolute atomic E-state index is 11.4. The third-order valence-electron chi connectivity index (χ3n) is 3.48. The summed E-state index contributed by atoms with van der Waals surface area (Å²) >= 11 is 0. The van der Waals surface area contributed by atoms with Gasteiger partial charge in [0.25, 0.3) is 0 Å². The van der Waals surface area contributed by atoms with Crippen molar-refractivity contribution in [2.24, 2.45) is 21.7 Å². The molecular formula is C22H38O4Zn. The van der Waals surface area contributed by atoms with E-state index in [1.807, 2.05) is 83.1 Å². The summed E-state index contributed by atoms with van der Waals surface area (Å²) in [5.41, 5.74) is -1.83. The third-order valence-corrected chi connectivity index (χ3v) is 3.48. The Kier molecular flexibility index (Phi) is 12.0. The minimum Gasteiger partial charge on any atom is -0.875 e. The molecule has 0 saturated carbocycles. The molecule has 0 atom stereocenters. The Hall–Kier alpha value is -0.957. The van der Waals surface area contributed by atoms with Gasteiger partial charge in [0.2, 0.25) is 0 Å². The maximum atomic E-state index is 11.4. The zero-order valence-corrected chi connectivity index (χ0v) is 22.5. The summed E-state index contributed by atoms with van der Waals surface area (Å²) in [6.07, 6.45) is 2.44. The van der Waals surface area contributed by atoms with Crippen molar-refractivity contribution in [3.05, 3.63) is 23.7 Å². The zero-order chi connectivity index (χ0) is 21.7. The second kappa shape index (κ2) is 10.6. The van der Waals surface area contributed by atoms with E-state index in [1.54, 1.807) is 0 Å². The Morgan fingerprint density at radius 3 is 0.815 bits per heavy atom. The first kappa shape index (κ1) is 30.8. The van der Waals surface area contributed by atoms with E-state index in [-0.39, 0.29) is 42.6 Å². The second-order valence-electron chi connectivity index (χ2n) is 10.7. The molecule has 0 aliphatic heterocycles. The Bertz CT molecular complexity index is 505. The molecule has 0 amide bonds. The summed E-state index contributed by atoms with van der Waals surface area (Å²) in [6, 6.07) is 0. The van der Waals surface area contributed by atoms with Crippen molar-refractivity contribution < 1.29 is 39.3 Å². The van der Waals surface area contributed by atoms with Crippen LogP contribution >= 0.6 is 0 Å². The fourth-order valence-corrected chi connectivity index (χ4v) is 1.10. The summed E-state index contributed by atoms with van der Waals surface area (Å²) in [5, 5.41) is 22.9. The van der Waals surface area contributed by atoms with Crippen LogP contribution < -0.4 is 10.2 Å². The zero-order valence-electron chi connectivity index (χ0n) is 19.5. The van der Waals surface area contributed by atoms with Crippen LogP contribution in [-0.2, 0) is 29.1 Å². The average Bonchev–Trinajstić information content (AvgIpc) is 2.34. The fraction of sp³-hybridized carbons (Fsp3) is 0.727. The smallest absolute Gasteiger partial charge is 0.875 e. The van der Waals surface area contributed by atoms with Gasteiger partial charge < -0.3 is 10.2 Å². The van der Waals surface area contributed by atoms with Gasteiger partial charge in [0.1, 0.15) is 0 Å². The molecule has 0 aromatic carbocycles. The van der Waals surface area contributed by atoms with Crippen LogP contribution in [0.4, 0.5) is 0 Å². The van der Waals surface area contributed by atoms with Crippen LogP contribution in [0.5, 0.6) is 0 Å². The minimum absolute atomic E-state index is 0. The Labute approximate surface area is 179 Å². The van der Waals surface area contributed by atoms with Gasteiger partial charge in [-0.15, -0.1) is 11.5 Å². The number of carbonyl (C=O) groups is 2. The number of hydrogen-bond acceptors (Lipinski definition) is 4. The summed E-state index contributed by atoms with van der Waals surface area (Å²) < 4.78 is 0. The van der Waals surface area contributed by atoms with Crippen molar-refractivity contribution in [2.45, 2.75) is 83.1 Å². The van der Waals surface area contributed by atoms with Gasteiger partial charge in [-0.1, -0.05) is 83.1 Å². The van der Waals surface area contributed by atoms with Gasteiger partial charge in [-0.2, -0.15) is 0 Å². The molecule has 0 aromatic heterocycles. The quantitative estimate of drug-likeness (QED) is 0.378. The molecule has 0 heterocycles. The normalized spacial score (nSPS) is 13.9. The molecule has 0 aromatic rings. The van der Waals surface area contributed by atoms with Gasteiger partial charge in [0, 0.05) is 10.8 Å². The van der Waals surface area contributed by atoms with E-state index in [1.165, 1.54) is 12.2 Å². The predicted molar refractivity (Wildman–Crippen MR) is 104 cm³/mol. The van der Waals surface area contributed by atoms with Gasteiger partial charge in [-0.3, -0.25) is 9.59 Å². The minimum atomic E-state index is -0.457. The summed E-state index contributed by atoms with van der Waals surface area (Å²) in [4.78, 5) is 22.9. The molecule has 0 saturated heterocycles. The Balaban J connectivity index is -0.000000411. The van der Waals surface area contributed by atoms with Crippen molar-refractivity contribution in [1.29, 1.82) is 0 Å². The molecular weight excluding hydrogens is 394 g/mol. The summed E-state index contributed by atoms with van der Waals surface area (Å²) in [7, 11) is 0. The Morgan fingerprint density at radius 2 is 0.704 bits per heavy atom. The van der Waals surface area contributed by atoms with Gasteiger partial charge in [-0.25, -0.2) is 0 Å². The average molecular weight is 432 g/mol. The van der Waals surface area contributed by atoms with Crippen LogP contribution in [0.25, 0.3) is 0 Å². The van der Waals surface area contributed by atoms with Crippen molar-refractivity contribution in [3.8, 4) is 0 Å². The molecule has 152 valence electrons. The third kappa shape index (κ3) is 13.8. The number of allylic oxidation sites excluding steroid dienone is 4. The van der Waals surface area contributed by atoms with Crippen LogP contribution in [-0.4, -0.2) is 11.6 Å². The van der Waals surface area contributed by atoms with Crippen molar-refractivity contribution in [2.75, 3.05) is 0 Å². The molecule has 0 radical (unpaired) electrons. The van der Waals surface area contributed by atoms with Gasteiger partial charge in [-0.05, 0) is 23.0 Å². The second-order valence-corrected chi connectivity index (χ2v) is 10.7. The van der Waals surface area contributed by atoms with E-state index in [9.17, 15) is 19.8 Å². The molecule has 0 bridgehead atoms. The first-order chi connectivity index (χ1) is 11.1. The van der Waals surface area contributed by atoms with Crippen LogP contribution in [0.2, 0.25) is 0 Å². The molecule has 0 aliphatic rings. The molecule has 4 nitrogen and oxygen atoms in total. The van der Waals surface area contributed by atoms with E-state index in [4.69, 9.17) is 0 Å². The van der Waals surface area contributed by atoms with E-state index in [0.29, 0.717) is 0 Å². The van der Waals surface area contributed by atoms with Gasteiger partial charge in [0.15, 0.2) is 11.6 Å². The van der Waals surface area contributed by atoms with Crippen LogP contribution in [0.1, 0.15) is 83.1 Å². The topological polar surface area (TPSA) is 80.3 Å². The monoisotopic (exact) mass is 430 g/mol. The molecule has 0 rings (SSSR count). The molecule has 0 unspecified atom stereocenters. The number of rotatable bonds is 2. The first-order valence-electron chi connectivity index (χ1n) is 8.97. The largest absolute Gasteiger partial charge is 2.00 e.